The lowest BCUT2D eigenvalue weighted by molar-refractivity contribution is 1.18. The van der Waals surface area contributed by atoms with Crippen molar-refractivity contribution in [1.29, 1.82) is 0 Å². The van der Waals surface area contributed by atoms with E-state index in [2.05, 4.69) is 226 Å². The molecule has 12 aromatic rings. The van der Waals surface area contributed by atoms with Gasteiger partial charge in [0.15, 0.2) is 0 Å². The number of aromatic nitrogens is 2. The first kappa shape index (κ1) is 31.7. The molecule has 0 amide bonds. The molecular formula is C54H35N3. The molecule has 0 radical (unpaired) electrons. The zero-order valence-corrected chi connectivity index (χ0v) is 31.0. The molecule has 0 atom stereocenters. The SMILES string of the molecule is c1ccc(-c2ccc(N(c3ccc(-c4ccc5c(c4)c4ccccc4n5-c4ccccc4)cc3)c3ccc4c5ccccc5n5c6ccccc6c3c45)cc2)cc1. The van der Waals surface area contributed by atoms with Gasteiger partial charge in [-0.05, 0) is 95.1 Å². The largest absolute Gasteiger partial charge is 0.310 e. The zero-order valence-electron chi connectivity index (χ0n) is 31.0. The number of benzene rings is 9. The molecule has 266 valence electrons. The van der Waals surface area contributed by atoms with E-state index in [0.29, 0.717) is 0 Å². The molecule has 3 heteroatoms. The third-order valence-electron chi connectivity index (χ3n) is 11.8. The Morgan fingerprint density at radius 2 is 0.807 bits per heavy atom. The Balaban J connectivity index is 1.04. The second-order valence-electron chi connectivity index (χ2n) is 14.9. The van der Waals surface area contributed by atoms with Gasteiger partial charge in [-0.3, -0.25) is 0 Å². The predicted octanol–water partition coefficient (Wildman–Crippen LogP) is 14.7. The second-order valence-corrected chi connectivity index (χ2v) is 14.9. The third-order valence-corrected chi connectivity index (χ3v) is 11.8. The summed E-state index contributed by atoms with van der Waals surface area (Å²) in [4.78, 5) is 2.44. The maximum absolute atomic E-state index is 2.46. The summed E-state index contributed by atoms with van der Waals surface area (Å²) in [5, 5.41) is 7.58. The molecule has 3 heterocycles. The van der Waals surface area contributed by atoms with Gasteiger partial charge in [0.05, 0.1) is 33.3 Å². The van der Waals surface area contributed by atoms with Crippen LogP contribution in [0.3, 0.4) is 0 Å². The predicted molar refractivity (Wildman–Crippen MR) is 241 cm³/mol. The minimum atomic E-state index is 1.11. The minimum absolute atomic E-state index is 1.11. The van der Waals surface area contributed by atoms with E-state index in [1.807, 2.05) is 0 Å². The Morgan fingerprint density at radius 1 is 0.316 bits per heavy atom. The molecular weight excluding hydrogens is 691 g/mol. The summed E-state index contributed by atoms with van der Waals surface area (Å²) in [6.45, 7) is 0. The molecule has 0 aliphatic carbocycles. The summed E-state index contributed by atoms with van der Waals surface area (Å²) in [6.07, 6.45) is 0. The molecule has 0 aliphatic rings. The van der Waals surface area contributed by atoms with Crippen LogP contribution in [0.2, 0.25) is 0 Å². The van der Waals surface area contributed by atoms with Crippen molar-refractivity contribution < 1.29 is 0 Å². The number of anilines is 3. The van der Waals surface area contributed by atoms with Gasteiger partial charge in [0.25, 0.3) is 0 Å². The molecule has 0 bridgehead atoms. The summed E-state index contributed by atoms with van der Waals surface area (Å²) >= 11 is 0. The molecule has 12 rings (SSSR count). The van der Waals surface area contributed by atoms with Gasteiger partial charge in [-0.25, -0.2) is 0 Å². The highest BCUT2D eigenvalue weighted by Crippen LogP contribution is 2.47. The van der Waals surface area contributed by atoms with Crippen LogP contribution in [-0.4, -0.2) is 8.97 Å². The summed E-state index contributed by atoms with van der Waals surface area (Å²) in [7, 11) is 0. The number of nitrogens with zero attached hydrogens (tertiary/aromatic N) is 3. The van der Waals surface area contributed by atoms with Crippen molar-refractivity contribution in [3.8, 4) is 27.9 Å². The maximum atomic E-state index is 2.46. The van der Waals surface area contributed by atoms with Crippen molar-refractivity contribution in [3.63, 3.8) is 0 Å². The summed E-state index contributed by atoms with van der Waals surface area (Å²) in [5.41, 5.74) is 15.5. The highest BCUT2D eigenvalue weighted by atomic mass is 15.1. The van der Waals surface area contributed by atoms with Crippen LogP contribution < -0.4 is 4.90 Å². The molecule has 9 aromatic carbocycles. The molecule has 0 spiro atoms. The first-order chi connectivity index (χ1) is 28.3. The molecule has 0 fully saturated rings. The molecule has 3 nitrogen and oxygen atoms in total. The lowest BCUT2D eigenvalue weighted by Crippen LogP contribution is -2.10. The summed E-state index contributed by atoms with van der Waals surface area (Å²) in [5.74, 6) is 0. The Kier molecular flexibility index (Phi) is 6.93. The standard InChI is InChI=1S/C54H35N3/c1-3-13-36(14-4-1)37-23-28-41(29-24-37)55(52-34-32-45-43-17-7-11-21-49(43)57-50-22-12-9-19-46(50)53(52)54(45)57)42-30-25-38(26-31-42)39-27-33-51-47(35-39)44-18-8-10-20-48(44)56(51)40-15-5-2-6-16-40/h1-35H. The van der Waals surface area contributed by atoms with Crippen molar-refractivity contribution in [1.82, 2.24) is 8.97 Å². The van der Waals surface area contributed by atoms with Crippen LogP contribution in [0.25, 0.3) is 87.8 Å². The molecule has 57 heavy (non-hydrogen) atoms. The van der Waals surface area contributed by atoms with Gasteiger partial charge in [-0.15, -0.1) is 0 Å². The first-order valence-electron chi connectivity index (χ1n) is 19.6. The number of fused-ring (bicyclic) bond motifs is 9. The van der Waals surface area contributed by atoms with Gasteiger partial charge in [0.2, 0.25) is 0 Å². The van der Waals surface area contributed by atoms with E-state index in [4.69, 9.17) is 0 Å². The lowest BCUT2D eigenvalue weighted by atomic mass is 10.0. The van der Waals surface area contributed by atoms with Gasteiger partial charge < -0.3 is 13.9 Å². The third kappa shape index (κ3) is 4.79. The monoisotopic (exact) mass is 725 g/mol. The van der Waals surface area contributed by atoms with Crippen LogP contribution in [0, 0.1) is 0 Å². The molecule has 0 aliphatic heterocycles. The minimum Gasteiger partial charge on any atom is -0.310 e. The van der Waals surface area contributed by atoms with Crippen LogP contribution in [0.15, 0.2) is 212 Å². The van der Waals surface area contributed by atoms with Crippen LogP contribution in [0.4, 0.5) is 17.1 Å². The van der Waals surface area contributed by atoms with Gasteiger partial charge in [0.1, 0.15) is 0 Å². The highest BCUT2D eigenvalue weighted by molar-refractivity contribution is 6.27. The molecule has 0 saturated carbocycles. The van der Waals surface area contributed by atoms with Gasteiger partial charge in [-0.2, -0.15) is 0 Å². The Morgan fingerprint density at radius 3 is 1.49 bits per heavy atom. The Hall–Kier alpha value is -7.62. The number of hydrogen-bond donors (Lipinski definition) is 0. The fourth-order valence-corrected chi connectivity index (χ4v) is 9.30. The van der Waals surface area contributed by atoms with Crippen LogP contribution in [-0.2, 0) is 0 Å². The number of para-hydroxylation sites is 4. The fourth-order valence-electron chi connectivity index (χ4n) is 9.30. The number of hydrogen-bond acceptors (Lipinski definition) is 1. The summed E-state index contributed by atoms with van der Waals surface area (Å²) < 4.78 is 4.83. The van der Waals surface area contributed by atoms with E-state index < -0.39 is 0 Å². The van der Waals surface area contributed by atoms with E-state index >= 15 is 0 Å². The van der Waals surface area contributed by atoms with Crippen molar-refractivity contribution in [2.24, 2.45) is 0 Å². The second kappa shape index (κ2) is 12.5. The molecule has 0 N–H and O–H groups in total. The lowest BCUT2D eigenvalue weighted by Gasteiger charge is -2.27. The zero-order chi connectivity index (χ0) is 37.5. The quantitative estimate of drug-likeness (QED) is 0.166. The van der Waals surface area contributed by atoms with E-state index in [0.717, 1.165) is 17.1 Å². The number of rotatable bonds is 6. The molecule has 0 saturated heterocycles. The van der Waals surface area contributed by atoms with Crippen LogP contribution in [0.1, 0.15) is 0 Å². The highest BCUT2D eigenvalue weighted by Gasteiger charge is 2.24. The van der Waals surface area contributed by atoms with Crippen molar-refractivity contribution in [2.75, 3.05) is 4.90 Å². The van der Waals surface area contributed by atoms with E-state index in [1.165, 1.54) is 87.8 Å². The fraction of sp³-hybridized carbons (Fsp3) is 0. The normalized spacial score (nSPS) is 11.9. The van der Waals surface area contributed by atoms with Crippen molar-refractivity contribution in [2.45, 2.75) is 0 Å². The molecule has 0 unspecified atom stereocenters. The Labute approximate surface area is 329 Å². The first-order valence-corrected chi connectivity index (χ1v) is 19.6. The van der Waals surface area contributed by atoms with Crippen LogP contribution in [0.5, 0.6) is 0 Å². The van der Waals surface area contributed by atoms with Gasteiger partial charge >= 0.3 is 0 Å². The van der Waals surface area contributed by atoms with E-state index in [-0.39, 0.29) is 0 Å². The van der Waals surface area contributed by atoms with Crippen molar-refractivity contribution in [3.05, 3.63) is 212 Å². The maximum Gasteiger partial charge on any atom is 0.0641 e. The summed E-state index contributed by atoms with van der Waals surface area (Å²) in [6, 6.07) is 77.3. The Bertz CT molecular complexity index is 3430. The average Bonchev–Trinajstić information content (AvgIpc) is 3.93. The van der Waals surface area contributed by atoms with Gasteiger partial charge in [0, 0.05) is 49.4 Å². The topological polar surface area (TPSA) is 12.6 Å². The smallest absolute Gasteiger partial charge is 0.0641 e. The van der Waals surface area contributed by atoms with Gasteiger partial charge in [-0.1, -0.05) is 140 Å². The average molecular weight is 726 g/mol. The van der Waals surface area contributed by atoms with Crippen molar-refractivity contribution >= 4 is 77.0 Å². The van der Waals surface area contributed by atoms with E-state index in [9.17, 15) is 0 Å². The molecule has 3 aromatic heterocycles. The van der Waals surface area contributed by atoms with E-state index in [1.54, 1.807) is 0 Å². The van der Waals surface area contributed by atoms with Crippen LogP contribution >= 0.6 is 0 Å².